The zero-order valence-corrected chi connectivity index (χ0v) is 12.2. The average molecular weight is 303 g/mol. The predicted molar refractivity (Wildman–Crippen MR) is 73.6 cm³/mol. The third-order valence-electron chi connectivity index (χ3n) is 2.99. The molecule has 6 heteroatoms. The molecule has 0 spiro atoms. The molecular formula is C15H20F3NO2. The number of esters is 1. The highest BCUT2D eigenvalue weighted by Gasteiger charge is 2.27. The van der Waals surface area contributed by atoms with Gasteiger partial charge in [-0.3, -0.25) is 4.79 Å². The Balaban J connectivity index is 2.30. The van der Waals surface area contributed by atoms with Crippen molar-refractivity contribution in [3.05, 3.63) is 35.9 Å². The first kappa shape index (κ1) is 17.5. The fourth-order valence-corrected chi connectivity index (χ4v) is 1.82. The summed E-state index contributed by atoms with van der Waals surface area (Å²) in [4.78, 5) is 13.3. The van der Waals surface area contributed by atoms with Crippen LogP contribution in [0, 0.1) is 5.92 Å². The van der Waals surface area contributed by atoms with Gasteiger partial charge in [-0.15, -0.1) is 0 Å². The summed E-state index contributed by atoms with van der Waals surface area (Å²) in [5, 5.41) is 0. The van der Waals surface area contributed by atoms with Crippen LogP contribution in [0.3, 0.4) is 0 Å². The lowest BCUT2D eigenvalue weighted by Crippen LogP contribution is -2.32. The van der Waals surface area contributed by atoms with Crippen LogP contribution in [-0.4, -0.2) is 37.2 Å². The lowest BCUT2D eigenvalue weighted by Gasteiger charge is -2.21. The van der Waals surface area contributed by atoms with Crippen LogP contribution >= 0.6 is 0 Å². The molecule has 0 radical (unpaired) electrons. The van der Waals surface area contributed by atoms with E-state index in [1.165, 1.54) is 4.90 Å². The maximum absolute atomic E-state index is 12.1. The predicted octanol–water partition coefficient (Wildman–Crippen LogP) is 3.25. The summed E-state index contributed by atoms with van der Waals surface area (Å²) in [7, 11) is 1.56. The highest BCUT2D eigenvalue weighted by atomic mass is 19.4. The summed E-state index contributed by atoms with van der Waals surface area (Å²) in [6.07, 6.45) is -5.05. The fraction of sp³-hybridized carbons (Fsp3) is 0.533. The van der Waals surface area contributed by atoms with Crippen molar-refractivity contribution in [1.82, 2.24) is 4.90 Å². The molecule has 1 unspecified atom stereocenters. The molecule has 0 aromatic heterocycles. The van der Waals surface area contributed by atoms with E-state index in [4.69, 9.17) is 4.74 Å². The van der Waals surface area contributed by atoms with E-state index in [1.54, 1.807) is 14.0 Å². The molecule has 1 aromatic carbocycles. The number of carbonyl (C=O) groups is 1. The Hall–Kier alpha value is -1.56. The molecule has 0 aliphatic heterocycles. The van der Waals surface area contributed by atoms with Gasteiger partial charge in [-0.2, -0.15) is 13.2 Å². The molecule has 118 valence electrons. The van der Waals surface area contributed by atoms with Gasteiger partial charge in [0.25, 0.3) is 0 Å². The zero-order valence-electron chi connectivity index (χ0n) is 12.2. The first-order valence-electron chi connectivity index (χ1n) is 6.74. The van der Waals surface area contributed by atoms with Crippen LogP contribution in [0.15, 0.2) is 30.3 Å². The average Bonchev–Trinajstić information content (AvgIpc) is 2.43. The molecule has 1 rings (SSSR count). The van der Waals surface area contributed by atoms with Gasteiger partial charge < -0.3 is 9.64 Å². The summed E-state index contributed by atoms with van der Waals surface area (Å²) in [5.74, 6) is -0.871. The quantitative estimate of drug-likeness (QED) is 0.724. The van der Waals surface area contributed by atoms with Gasteiger partial charge in [-0.05, 0) is 12.6 Å². The van der Waals surface area contributed by atoms with Gasteiger partial charge in [0.05, 0.1) is 12.3 Å². The van der Waals surface area contributed by atoms with Crippen molar-refractivity contribution in [2.24, 2.45) is 5.92 Å². The van der Waals surface area contributed by atoms with E-state index in [0.717, 1.165) is 5.56 Å². The van der Waals surface area contributed by atoms with E-state index in [2.05, 4.69) is 0 Å². The smallest absolute Gasteiger partial charge is 0.390 e. The van der Waals surface area contributed by atoms with Crippen LogP contribution in [0.2, 0.25) is 0 Å². The number of carbonyl (C=O) groups excluding carboxylic acids is 1. The number of ether oxygens (including phenoxy) is 1. The van der Waals surface area contributed by atoms with Crippen LogP contribution in [0.25, 0.3) is 0 Å². The van der Waals surface area contributed by atoms with E-state index < -0.39 is 24.5 Å². The van der Waals surface area contributed by atoms with Gasteiger partial charge in [0.15, 0.2) is 0 Å². The first-order valence-corrected chi connectivity index (χ1v) is 6.74. The van der Waals surface area contributed by atoms with Gasteiger partial charge in [0, 0.05) is 13.1 Å². The van der Waals surface area contributed by atoms with Crippen molar-refractivity contribution in [2.75, 3.05) is 20.1 Å². The van der Waals surface area contributed by atoms with Gasteiger partial charge in [0.2, 0.25) is 0 Å². The number of benzene rings is 1. The van der Waals surface area contributed by atoms with Crippen molar-refractivity contribution < 1.29 is 22.7 Å². The minimum Gasteiger partial charge on any atom is -0.461 e. The van der Waals surface area contributed by atoms with Crippen molar-refractivity contribution >= 4 is 5.97 Å². The van der Waals surface area contributed by atoms with Crippen molar-refractivity contribution in [2.45, 2.75) is 26.1 Å². The molecule has 0 N–H and O–H groups in total. The number of halogens is 3. The summed E-state index contributed by atoms with van der Waals surface area (Å²) in [6.45, 7) is 1.94. The molecule has 0 saturated heterocycles. The molecule has 0 fully saturated rings. The molecule has 1 atom stereocenters. The monoisotopic (exact) mass is 303 g/mol. The number of hydrogen-bond donors (Lipinski definition) is 0. The Bertz CT molecular complexity index is 434. The summed E-state index contributed by atoms with van der Waals surface area (Å²) in [6, 6.07) is 9.24. The van der Waals surface area contributed by atoms with Crippen molar-refractivity contribution in [3.8, 4) is 0 Å². The Labute approximate surface area is 122 Å². The van der Waals surface area contributed by atoms with Crippen LogP contribution in [0.5, 0.6) is 0 Å². The molecular weight excluding hydrogens is 283 g/mol. The molecule has 0 aliphatic rings. The molecule has 0 heterocycles. The second-order valence-corrected chi connectivity index (χ2v) is 5.12. The maximum atomic E-state index is 12.1. The highest BCUT2D eigenvalue weighted by molar-refractivity contribution is 5.72. The SMILES string of the molecule is CC(CN(C)CCC(F)(F)F)C(=O)OCc1ccccc1. The molecule has 21 heavy (non-hydrogen) atoms. The standard InChI is InChI=1S/C15H20F3NO2/c1-12(10-19(2)9-8-15(16,17)18)14(20)21-11-13-6-4-3-5-7-13/h3-7,12H,8-11H2,1-2H3. The Kier molecular flexibility index (Phi) is 6.68. The van der Waals surface area contributed by atoms with Gasteiger partial charge in [-0.25, -0.2) is 0 Å². The summed E-state index contributed by atoms with van der Waals surface area (Å²) < 4.78 is 41.5. The number of hydrogen-bond acceptors (Lipinski definition) is 3. The fourth-order valence-electron chi connectivity index (χ4n) is 1.82. The van der Waals surface area contributed by atoms with Gasteiger partial charge in [0.1, 0.15) is 6.61 Å². The minimum absolute atomic E-state index is 0.125. The minimum atomic E-state index is -4.18. The number of rotatable bonds is 7. The molecule has 0 saturated carbocycles. The van der Waals surface area contributed by atoms with E-state index >= 15 is 0 Å². The number of nitrogens with zero attached hydrogens (tertiary/aromatic N) is 1. The second-order valence-electron chi connectivity index (χ2n) is 5.12. The van der Waals surface area contributed by atoms with E-state index in [0.29, 0.717) is 0 Å². The topological polar surface area (TPSA) is 29.5 Å². The van der Waals surface area contributed by atoms with Gasteiger partial charge in [-0.1, -0.05) is 37.3 Å². The van der Waals surface area contributed by atoms with Crippen LogP contribution < -0.4 is 0 Å². The zero-order chi connectivity index (χ0) is 15.9. The van der Waals surface area contributed by atoms with Crippen LogP contribution in [0.4, 0.5) is 13.2 Å². The molecule has 1 aromatic rings. The van der Waals surface area contributed by atoms with Crippen LogP contribution in [-0.2, 0) is 16.1 Å². The highest BCUT2D eigenvalue weighted by Crippen LogP contribution is 2.19. The second kappa shape index (κ2) is 8.02. The lowest BCUT2D eigenvalue weighted by atomic mass is 10.1. The third kappa shape index (κ3) is 7.70. The Morgan fingerprint density at radius 1 is 1.29 bits per heavy atom. The summed E-state index contributed by atoms with van der Waals surface area (Å²) >= 11 is 0. The Morgan fingerprint density at radius 3 is 2.48 bits per heavy atom. The van der Waals surface area contributed by atoms with Crippen molar-refractivity contribution in [1.29, 1.82) is 0 Å². The largest absolute Gasteiger partial charge is 0.461 e. The molecule has 0 amide bonds. The normalized spacial score (nSPS) is 13.2. The summed E-state index contributed by atoms with van der Waals surface area (Å²) in [5.41, 5.74) is 0.878. The van der Waals surface area contributed by atoms with Gasteiger partial charge >= 0.3 is 12.1 Å². The molecule has 0 bridgehead atoms. The van der Waals surface area contributed by atoms with Crippen molar-refractivity contribution in [3.63, 3.8) is 0 Å². The first-order chi connectivity index (χ1) is 9.78. The molecule has 0 aliphatic carbocycles. The maximum Gasteiger partial charge on any atom is 0.390 e. The molecule has 3 nitrogen and oxygen atoms in total. The number of alkyl halides is 3. The van der Waals surface area contributed by atoms with E-state index in [-0.39, 0.29) is 19.7 Å². The van der Waals surface area contributed by atoms with E-state index in [1.807, 2.05) is 30.3 Å². The Morgan fingerprint density at radius 2 is 1.90 bits per heavy atom. The van der Waals surface area contributed by atoms with Crippen LogP contribution in [0.1, 0.15) is 18.9 Å². The third-order valence-corrected chi connectivity index (χ3v) is 2.99. The van der Waals surface area contributed by atoms with E-state index in [9.17, 15) is 18.0 Å². The lowest BCUT2D eigenvalue weighted by molar-refractivity contribution is -0.150.